The molecule has 0 bridgehead atoms. The summed E-state index contributed by atoms with van der Waals surface area (Å²) >= 11 is 0. The fraction of sp³-hybridized carbons (Fsp3) is 0.588. The third-order valence-electron chi connectivity index (χ3n) is 4.34. The van der Waals surface area contributed by atoms with E-state index < -0.39 is 0 Å². The lowest BCUT2D eigenvalue weighted by Crippen LogP contribution is -2.47. The Hall–Kier alpha value is -1.39. The van der Waals surface area contributed by atoms with Crippen molar-refractivity contribution in [3.63, 3.8) is 0 Å². The molecule has 0 saturated carbocycles. The maximum Gasteiger partial charge on any atom is 0.234 e. The van der Waals surface area contributed by atoms with Gasteiger partial charge in [-0.25, -0.2) is 0 Å². The summed E-state index contributed by atoms with van der Waals surface area (Å²) in [6, 6.07) is 8.27. The highest BCUT2D eigenvalue weighted by molar-refractivity contribution is 5.78. The molecule has 2 N–H and O–H groups in total. The largest absolute Gasteiger partial charge is 0.395 e. The minimum absolute atomic E-state index is 0.0102. The zero-order valence-corrected chi connectivity index (χ0v) is 13.0. The van der Waals surface area contributed by atoms with Gasteiger partial charge < -0.3 is 10.4 Å². The van der Waals surface area contributed by atoms with Crippen molar-refractivity contribution in [2.24, 2.45) is 0 Å². The van der Waals surface area contributed by atoms with E-state index in [-0.39, 0.29) is 24.6 Å². The molecule has 4 heteroatoms. The van der Waals surface area contributed by atoms with Crippen molar-refractivity contribution >= 4 is 5.91 Å². The summed E-state index contributed by atoms with van der Waals surface area (Å²) in [6.07, 6.45) is 3.23. The standard InChI is InChI=1S/C17H26N2O2/c1-13-7-3-4-9-16(13)14(2)18-17(21)11-19-10-6-5-8-15(19)12-20/h3-4,7,9,14-15,20H,5-6,8,10-12H2,1-2H3,(H,18,21). The van der Waals surface area contributed by atoms with Crippen molar-refractivity contribution < 1.29 is 9.90 Å². The molecule has 1 aromatic rings. The van der Waals surface area contributed by atoms with Gasteiger partial charge in [0.15, 0.2) is 0 Å². The molecule has 1 heterocycles. The van der Waals surface area contributed by atoms with Crippen LogP contribution in [0.1, 0.15) is 43.4 Å². The molecule has 4 nitrogen and oxygen atoms in total. The molecular weight excluding hydrogens is 264 g/mol. The van der Waals surface area contributed by atoms with Gasteiger partial charge in [0.2, 0.25) is 5.91 Å². The molecule has 0 radical (unpaired) electrons. The molecule has 2 unspecified atom stereocenters. The van der Waals surface area contributed by atoms with Crippen molar-refractivity contribution in [3.8, 4) is 0 Å². The van der Waals surface area contributed by atoms with Crippen molar-refractivity contribution in [2.75, 3.05) is 19.7 Å². The number of nitrogens with one attached hydrogen (secondary N) is 1. The maximum absolute atomic E-state index is 12.2. The lowest BCUT2D eigenvalue weighted by Gasteiger charge is -2.34. The number of rotatable bonds is 5. The van der Waals surface area contributed by atoms with E-state index in [0.29, 0.717) is 6.54 Å². The fourth-order valence-corrected chi connectivity index (χ4v) is 3.10. The third-order valence-corrected chi connectivity index (χ3v) is 4.34. The monoisotopic (exact) mass is 290 g/mol. The molecule has 0 spiro atoms. The Bertz CT molecular complexity index is 476. The predicted octanol–water partition coefficient (Wildman–Crippen LogP) is 2.02. The van der Waals surface area contributed by atoms with Crippen LogP contribution in [0.2, 0.25) is 0 Å². The number of aliphatic hydroxyl groups is 1. The number of carbonyl (C=O) groups is 1. The molecule has 0 aliphatic carbocycles. The summed E-state index contributed by atoms with van der Waals surface area (Å²) in [4.78, 5) is 14.3. The second-order valence-electron chi connectivity index (χ2n) is 5.95. The van der Waals surface area contributed by atoms with E-state index >= 15 is 0 Å². The molecular formula is C17H26N2O2. The Balaban J connectivity index is 1.90. The topological polar surface area (TPSA) is 52.6 Å². The van der Waals surface area contributed by atoms with E-state index in [9.17, 15) is 9.90 Å². The fourth-order valence-electron chi connectivity index (χ4n) is 3.10. The minimum atomic E-state index is 0.0102. The maximum atomic E-state index is 12.2. The molecule has 116 valence electrons. The highest BCUT2D eigenvalue weighted by atomic mass is 16.3. The molecule has 0 aromatic heterocycles. The van der Waals surface area contributed by atoms with Crippen LogP contribution in [0.4, 0.5) is 0 Å². The van der Waals surface area contributed by atoms with E-state index in [1.54, 1.807) is 0 Å². The molecule has 2 atom stereocenters. The number of nitrogens with zero attached hydrogens (tertiary/aromatic N) is 1. The van der Waals surface area contributed by atoms with Gasteiger partial charge >= 0.3 is 0 Å². The highest BCUT2D eigenvalue weighted by Crippen LogP contribution is 2.18. The van der Waals surface area contributed by atoms with Crippen molar-refractivity contribution in [1.82, 2.24) is 10.2 Å². The number of piperidine rings is 1. The lowest BCUT2D eigenvalue weighted by atomic mass is 10.0. The van der Waals surface area contributed by atoms with Gasteiger partial charge in [0.1, 0.15) is 0 Å². The van der Waals surface area contributed by atoms with Crippen molar-refractivity contribution in [3.05, 3.63) is 35.4 Å². The lowest BCUT2D eigenvalue weighted by molar-refractivity contribution is -0.124. The number of carbonyl (C=O) groups excluding carboxylic acids is 1. The third kappa shape index (κ3) is 4.29. The Morgan fingerprint density at radius 1 is 1.43 bits per heavy atom. The molecule has 1 aromatic carbocycles. The Morgan fingerprint density at radius 2 is 2.19 bits per heavy atom. The van der Waals surface area contributed by atoms with Gasteiger partial charge in [-0.05, 0) is 44.4 Å². The van der Waals surface area contributed by atoms with Gasteiger partial charge in [-0.2, -0.15) is 0 Å². The quantitative estimate of drug-likeness (QED) is 0.872. The van der Waals surface area contributed by atoms with E-state index in [4.69, 9.17) is 0 Å². The van der Waals surface area contributed by atoms with Gasteiger partial charge in [-0.15, -0.1) is 0 Å². The molecule has 2 rings (SSSR count). The van der Waals surface area contributed by atoms with Gasteiger partial charge in [-0.3, -0.25) is 9.69 Å². The summed E-state index contributed by atoms with van der Waals surface area (Å²) in [5.74, 6) is 0.0334. The molecule has 1 fully saturated rings. The van der Waals surface area contributed by atoms with Crippen LogP contribution in [0.15, 0.2) is 24.3 Å². The highest BCUT2D eigenvalue weighted by Gasteiger charge is 2.24. The van der Waals surface area contributed by atoms with Crippen LogP contribution >= 0.6 is 0 Å². The summed E-state index contributed by atoms with van der Waals surface area (Å²) in [6.45, 7) is 5.49. The minimum Gasteiger partial charge on any atom is -0.395 e. The normalized spacial score (nSPS) is 21.0. The zero-order chi connectivity index (χ0) is 15.2. The first-order valence-electron chi connectivity index (χ1n) is 7.81. The van der Waals surface area contributed by atoms with Crippen molar-refractivity contribution in [2.45, 2.75) is 45.2 Å². The van der Waals surface area contributed by atoms with Crippen LogP contribution in [0.5, 0.6) is 0 Å². The van der Waals surface area contributed by atoms with Gasteiger partial charge in [0, 0.05) is 6.04 Å². The Labute approximate surface area is 127 Å². The van der Waals surface area contributed by atoms with Gasteiger partial charge in [0.05, 0.1) is 19.2 Å². The van der Waals surface area contributed by atoms with Gasteiger partial charge in [0.25, 0.3) is 0 Å². The van der Waals surface area contributed by atoms with Crippen LogP contribution in [-0.4, -0.2) is 41.7 Å². The van der Waals surface area contributed by atoms with Crippen LogP contribution < -0.4 is 5.32 Å². The Kier molecular flexibility index (Phi) is 5.76. The van der Waals surface area contributed by atoms with E-state index in [2.05, 4.69) is 29.3 Å². The molecule has 1 aliphatic rings. The van der Waals surface area contributed by atoms with Gasteiger partial charge in [-0.1, -0.05) is 30.7 Å². The number of benzene rings is 1. The number of hydrogen-bond acceptors (Lipinski definition) is 3. The van der Waals surface area contributed by atoms with Crippen LogP contribution in [0, 0.1) is 6.92 Å². The first-order valence-corrected chi connectivity index (χ1v) is 7.81. The second kappa shape index (κ2) is 7.57. The number of aryl methyl sites for hydroxylation is 1. The zero-order valence-electron chi connectivity index (χ0n) is 13.0. The second-order valence-corrected chi connectivity index (χ2v) is 5.95. The van der Waals surface area contributed by atoms with Crippen molar-refractivity contribution in [1.29, 1.82) is 0 Å². The average Bonchev–Trinajstić information content (AvgIpc) is 2.48. The van der Waals surface area contributed by atoms with Crippen LogP contribution in [-0.2, 0) is 4.79 Å². The SMILES string of the molecule is Cc1ccccc1C(C)NC(=O)CN1CCCCC1CO. The number of amides is 1. The summed E-state index contributed by atoms with van der Waals surface area (Å²) in [5, 5.41) is 12.5. The number of aliphatic hydroxyl groups excluding tert-OH is 1. The summed E-state index contributed by atoms with van der Waals surface area (Å²) in [5.41, 5.74) is 2.35. The first-order chi connectivity index (χ1) is 10.1. The molecule has 21 heavy (non-hydrogen) atoms. The van der Waals surface area contributed by atoms with Crippen LogP contribution in [0.25, 0.3) is 0 Å². The molecule has 1 aliphatic heterocycles. The van der Waals surface area contributed by atoms with Crippen LogP contribution in [0.3, 0.4) is 0 Å². The van der Waals surface area contributed by atoms with E-state index in [0.717, 1.165) is 31.4 Å². The average molecular weight is 290 g/mol. The van der Waals surface area contributed by atoms with E-state index in [1.165, 1.54) is 5.56 Å². The Morgan fingerprint density at radius 3 is 2.90 bits per heavy atom. The number of likely N-dealkylation sites (tertiary alicyclic amines) is 1. The number of hydrogen-bond donors (Lipinski definition) is 2. The first kappa shape index (κ1) is 16.0. The predicted molar refractivity (Wildman–Crippen MR) is 84.0 cm³/mol. The smallest absolute Gasteiger partial charge is 0.234 e. The molecule has 1 saturated heterocycles. The summed E-state index contributed by atoms with van der Waals surface area (Å²) in [7, 11) is 0. The molecule has 1 amide bonds. The summed E-state index contributed by atoms with van der Waals surface area (Å²) < 4.78 is 0. The van der Waals surface area contributed by atoms with E-state index in [1.807, 2.05) is 19.1 Å².